The third kappa shape index (κ3) is 3.55. The van der Waals surface area contributed by atoms with Gasteiger partial charge in [-0.05, 0) is 25.5 Å². The molecule has 2 rings (SSSR count). The van der Waals surface area contributed by atoms with Crippen molar-refractivity contribution < 1.29 is 27.5 Å². The number of rotatable bonds is 3. The lowest BCUT2D eigenvalue weighted by Gasteiger charge is -2.28. The Balaban J connectivity index is 2.58. The second-order valence-corrected chi connectivity index (χ2v) is 5.15. The van der Waals surface area contributed by atoms with Gasteiger partial charge in [0, 0.05) is 18.0 Å². The van der Waals surface area contributed by atoms with Gasteiger partial charge < -0.3 is 10.1 Å². The highest BCUT2D eigenvalue weighted by atomic mass is 19.4. The molecule has 0 radical (unpaired) electrons. The van der Waals surface area contributed by atoms with E-state index in [2.05, 4.69) is 5.32 Å². The first-order valence-electron chi connectivity index (χ1n) is 7.09. The Bertz CT molecular complexity index is 665. The van der Waals surface area contributed by atoms with E-state index in [1.807, 2.05) is 0 Å². The molecule has 1 aromatic carbocycles. The van der Waals surface area contributed by atoms with Crippen LogP contribution in [-0.4, -0.2) is 18.5 Å². The molecule has 0 aliphatic carbocycles. The van der Waals surface area contributed by atoms with Gasteiger partial charge in [0.15, 0.2) is 0 Å². The third-order valence-electron chi connectivity index (χ3n) is 3.61. The predicted molar refractivity (Wildman–Crippen MR) is 76.3 cm³/mol. The van der Waals surface area contributed by atoms with Crippen LogP contribution in [-0.2, 0) is 20.5 Å². The van der Waals surface area contributed by atoms with Crippen LogP contribution in [0, 0.1) is 0 Å². The van der Waals surface area contributed by atoms with Crippen LogP contribution < -0.4 is 5.32 Å². The summed E-state index contributed by atoms with van der Waals surface area (Å²) >= 11 is 0. The number of carbonyl (C=O) groups excluding carboxylic acids is 2. The third-order valence-corrected chi connectivity index (χ3v) is 3.61. The highest BCUT2D eigenvalue weighted by molar-refractivity contribution is 5.95. The summed E-state index contributed by atoms with van der Waals surface area (Å²) < 4.78 is 44.7. The molecular weight excluding hydrogens is 311 g/mol. The van der Waals surface area contributed by atoms with E-state index in [0.29, 0.717) is 0 Å². The minimum atomic E-state index is -4.57. The maximum Gasteiger partial charge on any atom is 0.416 e. The van der Waals surface area contributed by atoms with E-state index in [-0.39, 0.29) is 29.9 Å². The largest absolute Gasteiger partial charge is 0.463 e. The fourth-order valence-electron chi connectivity index (χ4n) is 2.70. The summed E-state index contributed by atoms with van der Waals surface area (Å²) in [6, 6.07) is 4.96. The van der Waals surface area contributed by atoms with Gasteiger partial charge in [0.2, 0.25) is 5.91 Å². The van der Waals surface area contributed by atoms with E-state index in [1.165, 1.54) is 25.1 Å². The smallest absolute Gasteiger partial charge is 0.416 e. The number of allylic oxidation sites excluding steroid dienone is 1. The van der Waals surface area contributed by atoms with Crippen molar-refractivity contribution in [3.8, 4) is 0 Å². The van der Waals surface area contributed by atoms with Gasteiger partial charge in [-0.2, -0.15) is 13.2 Å². The molecule has 1 aromatic rings. The fraction of sp³-hybridized carbons (Fsp3) is 0.375. The van der Waals surface area contributed by atoms with E-state index in [1.54, 1.807) is 6.92 Å². The molecule has 0 bridgehead atoms. The summed E-state index contributed by atoms with van der Waals surface area (Å²) in [7, 11) is 0. The number of halogens is 3. The Labute approximate surface area is 131 Å². The van der Waals surface area contributed by atoms with Crippen LogP contribution >= 0.6 is 0 Å². The van der Waals surface area contributed by atoms with Crippen molar-refractivity contribution in [1.29, 1.82) is 0 Å². The first-order valence-corrected chi connectivity index (χ1v) is 7.09. The standard InChI is InChI=1S/C16H16F3NO3/c1-3-23-15(22)14-9(2)20-13(21)8-11(14)10-6-4-5-7-12(10)16(17,18)19/h4-7,11H,3,8H2,1-2H3,(H,20,21)/t11-/m1/s1. The van der Waals surface area contributed by atoms with Gasteiger partial charge >= 0.3 is 12.1 Å². The van der Waals surface area contributed by atoms with Crippen LogP contribution in [0.3, 0.4) is 0 Å². The number of ether oxygens (including phenoxy) is 1. The minimum absolute atomic E-state index is 0.0585. The number of hydrogen-bond acceptors (Lipinski definition) is 3. The van der Waals surface area contributed by atoms with Crippen molar-refractivity contribution in [2.45, 2.75) is 32.4 Å². The molecule has 23 heavy (non-hydrogen) atoms. The summed E-state index contributed by atoms with van der Waals surface area (Å²) in [5.41, 5.74) is -0.670. The average molecular weight is 327 g/mol. The zero-order valence-corrected chi connectivity index (χ0v) is 12.7. The van der Waals surface area contributed by atoms with Crippen LogP contribution in [0.5, 0.6) is 0 Å². The molecule has 0 unspecified atom stereocenters. The van der Waals surface area contributed by atoms with Gasteiger partial charge in [-0.25, -0.2) is 4.79 Å². The lowest BCUT2D eigenvalue weighted by atomic mass is 9.82. The molecule has 7 heteroatoms. The molecule has 4 nitrogen and oxygen atoms in total. The number of hydrogen-bond donors (Lipinski definition) is 1. The zero-order chi connectivity index (χ0) is 17.2. The second-order valence-electron chi connectivity index (χ2n) is 5.15. The van der Waals surface area contributed by atoms with E-state index >= 15 is 0 Å². The van der Waals surface area contributed by atoms with Gasteiger partial charge in [0.1, 0.15) is 0 Å². The highest BCUT2D eigenvalue weighted by Gasteiger charge is 2.39. The van der Waals surface area contributed by atoms with Crippen molar-refractivity contribution in [1.82, 2.24) is 5.32 Å². The maximum absolute atomic E-state index is 13.2. The van der Waals surface area contributed by atoms with Crippen molar-refractivity contribution in [3.63, 3.8) is 0 Å². The van der Waals surface area contributed by atoms with Gasteiger partial charge in [0.25, 0.3) is 0 Å². The van der Waals surface area contributed by atoms with Crippen molar-refractivity contribution in [3.05, 3.63) is 46.7 Å². The van der Waals surface area contributed by atoms with Crippen LogP contribution in [0.2, 0.25) is 0 Å². The van der Waals surface area contributed by atoms with Crippen molar-refractivity contribution in [2.24, 2.45) is 0 Å². The Morgan fingerprint density at radius 2 is 2.00 bits per heavy atom. The Kier molecular flexibility index (Phi) is 4.77. The molecule has 1 N–H and O–H groups in total. The molecule has 1 atom stereocenters. The lowest BCUT2D eigenvalue weighted by molar-refractivity contribution is -0.141. The maximum atomic E-state index is 13.2. The molecule has 0 fully saturated rings. The lowest BCUT2D eigenvalue weighted by Crippen LogP contribution is -2.35. The van der Waals surface area contributed by atoms with Gasteiger partial charge in [-0.15, -0.1) is 0 Å². The van der Waals surface area contributed by atoms with Crippen LogP contribution in [0.4, 0.5) is 13.2 Å². The zero-order valence-electron chi connectivity index (χ0n) is 12.7. The second kappa shape index (κ2) is 6.44. The summed E-state index contributed by atoms with van der Waals surface area (Å²) in [6.45, 7) is 3.18. The number of carbonyl (C=O) groups is 2. The van der Waals surface area contributed by atoms with Crippen molar-refractivity contribution >= 4 is 11.9 Å². The molecular formula is C16H16F3NO3. The SMILES string of the molecule is CCOC(=O)C1=C(C)NC(=O)C[C@@H]1c1ccccc1C(F)(F)F. The normalized spacial score (nSPS) is 18.7. The molecule has 0 saturated heterocycles. The summed E-state index contributed by atoms with van der Waals surface area (Å²) in [5, 5.41) is 2.49. The van der Waals surface area contributed by atoms with Gasteiger partial charge in [-0.1, -0.05) is 18.2 Å². The van der Waals surface area contributed by atoms with Crippen LogP contribution in [0.25, 0.3) is 0 Å². The molecule has 0 spiro atoms. The molecule has 0 saturated carbocycles. The van der Waals surface area contributed by atoms with E-state index in [9.17, 15) is 22.8 Å². The monoisotopic (exact) mass is 327 g/mol. The molecule has 1 heterocycles. The van der Waals surface area contributed by atoms with E-state index in [0.717, 1.165) is 6.07 Å². The molecule has 1 aliphatic heterocycles. The number of benzene rings is 1. The summed E-state index contributed by atoms with van der Waals surface area (Å²) in [5.74, 6) is -2.13. The summed E-state index contributed by atoms with van der Waals surface area (Å²) in [4.78, 5) is 23.9. The number of esters is 1. The minimum Gasteiger partial charge on any atom is -0.463 e. The molecule has 124 valence electrons. The van der Waals surface area contributed by atoms with E-state index < -0.39 is 29.5 Å². The van der Waals surface area contributed by atoms with Gasteiger partial charge in [0.05, 0.1) is 17.7 Å². The number of nitrogens with one attached hydrogen (secondary N) is 1. The van der Waals surface area contributed by atoms with Crippen molar-refractivity contribution in [2.75, 3.05) is 6.61 Å². The number of alkyl halides is 3. The van der Waals surface area contributed by atoms with Gasteiger partial charge in [-0.3, -0.25) is 4.79 Å². The predicted octanol–water partition coefficient (Wildman–Crippen LogP) is 3.15. The first kappa shape index (κ1) is 17.1. The Morgan fingerprint density at radius 3 is 2.61 bits per heavy atom. The topological polar surface area (TPSA) is 55.4 Å². The highest BCUT2D eigenvalue weighted by Crippen LogP contribution is 2.41. The number of amides is 1. The molecule has 1 aliphatic rings. The molecule has 0 aromatic heterocycles. The van der Waals surface area contributed by atoms with E-state index in [4.69, 9.17) is 4.74 Å². The molecule has 1 amide bonds. The Morgan fingerprint density at radius 1 is 1.35 bits per heavy atom. The quantitative estimate of drug-likeness (QED) is 0.868. The average Bonchev–Trinajstić information content (AvgIpc) is 2.45. The van der Waals surface area contributed by atoms with Crippen LogP contribution in [0.15, 0.2) is 35.5 Å². The summed E-state index contributed by atoms with van der Waals surface area (Å²) in [6.07, 6.45) is -4.81. The van der Waals surface area contributed by atoms with Crippen LogP contribution in [0.1, 0.15) is 37.3 Å². The Hall–Kier alpha value is -2.31. The fourth-order valence-corrected chi connectivity index (χ4v) is 2.70. The first-order chi connectivity index (χ1) is 10.8.